The van der Waals surface area contributed by atoms with Crippen molar-refractivity contribution >= 4 is 11.9 Å². The molecule has 0 fully saturated rings. The van der Waals surface area contributed by atoms with E-state index in [-0.39, 0.29) is 18.0 Å². The van der Waals surface area contributed by atoms with Gasteiger partial charge in [0.05, 0.1) is 17.7 Å². The molecule has 1 rings (SSSR count). The molecular weight excluding hydrogens is 376 g/mol. The Morgan fingerprint density at radius 2 is 1.20 bits per heavy atom. The summed E-state index contributed by atoms with van der Waals surface area (Å²) in [5.41, 5.74) is 0.940. The Morgan fingerprint density at radius 3 is 1.70 bits per heavy atom. The normalized spacial score (nSPS) is 11.8. The summed E-state index contributed by atoms with van der Waals surface area (Å²) >= 11 is 0. The molecule has 30 heavy (non-hydrogen) atoms. The zero-order valence-corrected chi connectivity index (χ0v) is 19.4. The molecule has 0 aliphatic heterocycles. The second-order valence-electron chi connectivity index (χ2n) is 8.12. The van der Waals surface area contributed by atoms with Crippen molar-refractivity contribution in [3.63, 3.8) is 0 Å². The summed E-state index contributed by atoms with van der Waals surface area (Å²) in [5.74, 6) is -0.663. The minimum Gasteiger partial charge on any atom is -0.462 e. The van der Waals surface area contributed by atoms with Gasteiger partial charge < -0.3 is 9.47 Å². The summed E-state index contributed by atoms with van der Waals surface area (Å²) in [7, 11) is 0. The molecule has 0 N–H and O–H groups in total. The molecule has 0 radical (unpaired) electrons. The van der Waals surface area contributed by atoms with E-state index >= 15 is 0 Å². The lowest BCUT2D eigenvalue weighted by atomic mass is 10.1. The Hall–Kier alpha value is -1.84. The second kappa shape index (κ2) is 16.9. The van der Waals surface area contributed by atoms with Gasteiger partial charge in [0.15, 0.2) is 0 Å². The first kappa shape index (κ1) is 26.2. The lowest BCUT2D eigenvalue weighted by Crippen LogP contribution is -2.17. The number of esters is 2. The van der Waals surface area contributed by atoms with Crippen LogP contribution in [0, 0.1) is 0 Å². The lowest BCUT2D eigenvalue weighted by molar-refractivity contribution is 0.0270. The average Bonchev–Trinajstić information content (AvgIpc) is 2.77. The second-order valence-corrected chi connectivity index (χ2v) is 8.12. The summed E-state index contributed by atoms with van der Waals surface area (Å²) < 4.78 is 10.9. The van der Waals surface area contributed by atoms with Gasteiger partial charge >= 0.3 is 11.9 Å². The minimum absolute atomic E-state index is 0.0480. The van der Waals surface area contributed by atoms with Crippen molar-refractivity contribution in [2.24, 2.45) is 0 Å². The van der Waals surface area contributed by atoms with Gasteiger partial charge in [0.25, 0.3) is 0 Å². The van der Waals surface area contributed by atoms with E-state index in [9.17, 15) is 9.59 Å². The summed E-state index contributed by atoms with van der Waals surface area (Å²) in [4.78, 5) is 24.4. The Labute approximate surface area is 183 Å². The zero-order chi connectivity index (χ0) is 22.0. The lowest BCUT2D eigenvalue weighted by Gasteiger charge is -2.15. The number of unbranched alkanes of at least 4 members (excludes halogenated alkanes) is 9. The highest BCUT2D eigenvalue weighted by Crippen LogP contribution is 2.13. The molecule has 0 spiro atoms. The predicted octanol–water partition coefficient (Wildman–Crippen LogP) is 7.50. The average molecular weight is 419 g/mol. The van der Waals surface area contributed by atoms with Crippen molar-refractivity contribution in [2.75, 3.05) is 6.61 Å². The van der Waals surface area contributed by atoms with Gasteiger partial charge in [-0.2, -0.15) is 0 Å². The highest BCUT2D eigenvalue weighted by Gasteiger charge is 2.15. The minimum atomic E-state index is -0.333. The van der Waals surface area contributed by atoms with E-state index in [0.717, 1.165) is 32.1 Å². The number of rotatable bonds is 17. The van der Waals surface area contributed by atoms with E-state index in [1.54, 1.807) is 24.3 Å². The van der Waals surface area contributed by atoms with Crippen LogP contribution in [0.5, 0.6) is 0 Å². The smallest absolute Gasteiger partial charge is 0.338 e. The van der Waals surface area contributed by atoms with E-state index in [1.807, 2.05) is 6.92 Å². The SMILES string of the molecule is CCCCCCCCCCCCOC(=O)c1ccc(C(=O)OC(CC)CCC)cc1. The van der Waals surface area contributed by atoms with Crippen LogP contribution in [-0.2, 0) is 9.47 Å². The van der Waals surface area contributed by atoms with Gasteiger partial charge in [-0.15, -0.1) is 0 Å². The molecule has 1 unspecified atom stereocenters. The van der Waals surface area contributed by atoms with Gasteiger partial charge in [-0.3, -0.25) is 0 Å². The van der Waals surface area contributed by atoms with Crippen molar-refractivity contribution in [1.82, 2.24) is 0 Å². The van der Waals surface area contributed by atoms with E-state index in [2.05, 4.69) is 13.8 Å². The van der Waals surface area contributed by atoms with Crippen LogP contribution in [0.3, 0.4) is 0 Å². The molecule has 0 bridgehead atoms. The first-order chi connectivity index (χ1) is 14.6. The molecule has 170 valence electrons. The van der Waals surface area contributed by atoms with Crippen molar-refractivity contribution in [2.45, 2.75) is 110 Å². The van der Waals surface area contributed by atoms with Crippen molar-refractivity contribution < 1.29 is 19.1 Å². The van der Waals surface area contributed by atoms with Crippen LogP contribution in [0.1, 0.15) is 125 Å². The van der Waals surface area contributed by atoms with Crippen LogP contribution in [0.4, 0.5) is 0 Å². The standard InChI is InChI=1S/C26H42O4/c1-4-7-8-9-10-11-12-13-14-15-21-29-25(27)22-17-19-23(20-18-22)26(28)30-24(6-3)16-5-2/h17-20,24H,4-16,21H2,1-3H3. The molecule has 4 nitrogen and oxygen atoms in total. The molecule has 1 aromatic carbocycles. The predicted molar refractivity (Wildman–Crippen MR) is 123 cm³/mol. The summed E-state index contributed by atoms with van der Waals surface area (Å²) in [6.45, 7) is 6.79. The fourth-order valence-corrected chi connectivity index (χ4v) is 3.47. The highest BCUT2D eigenvalue weighted by atomic mass is 16.5. The van der Waals surface area contributed by atoms with Gasteiger partial charge in [-0.05, 0) is 43.5 Å². The maximum absolute atomic E-state index is 12.2. The fourth-order valence-electron chi connectivity index (χ4n) is 3.47. The van der Waals surface area contributed by atoms with E-state index in [0.29, 0.717) is 17.7 Å². The summed E-state index contributed by atoms with van der Waals surface area (Å²) in [6, 6.07) is 6.55. The molecule has 0 amide bonds. The number of carbonyl (C=O) groups is 2. The van der Waals surface area contributed by atoms with Gasteiger partial charge in [0.1, 0.15) is 6.10 Å². The summed E-state index contributed by atoms with van der Waals surface area (Å²) in [5, 5.41) is 0. The maximum Gasteiger partial charge on any atom is 0.338 e. The third kappa shape index (κ3) is 11.4. The molecule has 0 aliphatic carbocycles. The van der Waals surface area contributed by atoms with E-state index in [1.165, 1.54) is 51.4 Å². The van der Waals surface area contributed by atoms with Crippen molar-refractivity contribution in [1.29, 1.82) is 0 Å². The van der Waals surface area contributed by atoms with Crippen LogP contribution >= 0.6 is 0 Å². The Kier molecular flexibility index (Phi) is 14.8. The number of ether oxygens (including phenoxy) is 2. The first-order valence-electron chi connectivity index (χ1n) is 12.1. The largest absolute Gasteiger partial charge is 0.462 e. The Bertz CT molecular complexity index is 579. The number of hydrogen-bond acceptors (Lipinski definition) is 4. The maximum atomic E-state index is 12.2. The molecule has 0 heterocycles. The Balaban J connectivity index is 2.20. The molecule has 1 atom stereocenters. The molecule has 0 saturated heterocycles. The van der Waals surface area contributed by atoms with Crippen LogP contribution in [0.25, 0.3) is 0 Å². The first-order valence-corrected chi connectivity index (χ1v) is 12.1. The van der Waals surface area contributed by atoms with Crippen LogP contribution in [-0.4, -0.2) is 24.6 Å². The topological polar surface area (TPSA) is 52.6 Å². The molecule has 4 heteroatoms. The van der Waals surface area contributed by atoms with E-state index < -0.39 is 0 Å². The fraction of sp³-hybridized carbons (Fsp3) is 0.692. The van der Waals surface area contributed by atoms with E-state index in [4.69, 9.17) is 9.47 Å². The Morgan fingerprint density at radius 1 is 0.700 bits per heavy atom. The van der Waals surface area contributed by atoms with Gasteiger partial charge in [-0.1, -0.05) is 85.0 Å². The highest BCUT2D eigenvalue weighted by molar-refractivity contribution is 5.93. The van der Waals surface area contributed by atoms with Crippen molar-refractivity contribution in [3.8, 4) is 0 Å². The zero-order valence-electron chi connectivity index (χ0n) is 19.4. The molecule has 0 aromatic heterocycles. The molecule has 0 aliphatic rings. The van der Waals surface area contributed by atoms with Gasteiger partial charge in [0.2, 0.25) is 0 Å². The van der Waals surface area contributed by atoms with Crippen LogP contribution in [0.2, 0.25) is 0 Å². The number of hydrogen-bond donors (Lipinski definition) is 0. The molecular formula is C26H42O4. The summed E-state index contributed by atoms with van der Waals surface area (Å²) in [6.07, 6.45) is 15.1. The third-order valence-corrected chi connectivity index (χ3v) is 5.43. The van der Waals surface area contributed by atoms with Gasteiger partial charge in [0, 0.05) is 0 Å². The number of benzene rings is 1. The van der Waals surface area contributed by atoms with Gasteiger partial charge in [-0.25, -0.2) is 9.59 Å². The number of carbonyl (C=O) groups excluding carboxylic acids is 2. The van der Waals surface area contributed by atoms with Crippen molar-refractivity contribution in [3.05, 3.63) is 35.4 Å². The quantitative estimate of drug-likeness (QED) is 0.194. The molecule has 0 saturated carbocycles. The monoisotopic (exact) mass is 418 g/mol. The molecule has 1 aromatic rings. The van der Waals surface area contributed by atoms with Crippen LogP contribution < -0.4 is 0 Å². The van der Waals surface area contributed by atoms with Crippen LogP contribution in [0.15, 0.2) is 24.3 Å². The third-order valence-electron chi connectivity index (χ3n) is 5.43.